The van der Waals surface area contributed by atoms with Gasteiger partial charge in [-0.05, 0) is 55.7 Å². The Bertz CT molecular complexity index is 1250. The van der Waals surface area contributed by atoms with Gasteiger partial charge in [-0.15, -0.1) is 11.3 Å². The van der Waals surface area contributed by atoms with E-state index in [0.717, 1.165) is 40.4 Å². The van der Waals surface area contributed by atoms with Gasteiger partial charge in [-0.2, -0.15) is 0 Å². The van der Waals surface area contributed by atoms with Gasteiger partial charge in [0.25, 0.3) is 5.91 Å². The van der Waals surface area contributed by atoms with Crippen LogP contribution in [0.5, 0.6) is 11.5 Å². The maximum absolute atomic E-state index is 13.4. The predicted octanol–water partition coefficient (Wildman–Crippen LogP) is 5.81. The lowest BCUT2D eigenvalue weighted by Crippen LogP contribution is -2.30. The van der Waals surface area contributed by atoms with Gasteiger partial charge in [0, 0.05) is 11.1 Å². The number of amides is 1. The van der Waals surface area contributed by atoms with Crippen molar-refractivity contribution < 1.29 is 14.3 Å². The third-order valence-electron chi connectivity index (χ3n) is 5.23. The molecule has 2 aromatic carbocycles. The quantitative estimate of drug-likeness (QED) is 0.419. The van der Waals surface area contributed by atoms with Crippen LogP contribution in [0.25, 0.3) is 6.08 Å². The van der Waals surface area contributed by atoms with Gasteiger partial charge in [0.15, 0.2) is 16.7 Å². The van der Waals surface area contributed by atoms with Gasteiger partial charge in [0.2, 0.25) is 6.79 Å². The number of thiazole rings is 1. The van der Waals surface area contributed by atoms with E-state index >= 15 is 0 Å². The van der Waals surface area contributed by atoms with Crippen molar-refractivity contribution in [1.82, 2.24) is 4.98 Å². The van der Waals surface area contributed by atoms with Crippen LogP contribution in [0.4, 0.5) is 5.69 Å². The summed E-state index contributed by atoms with van der Waals surface area (Å²) in [6.45, 7) is 4.40. The fourth-order valence-corrected chi connectivity index (χ4v) is 5.47. The molecule has 6 nitrogen and oxygen atoms in total. The molecule has 0 aliphatic carbocycles. The number of aliphatic imine (C=N–C) groups is 1. The third-order valence-corrected chi connectivity index (χ3v) is 7.16. The lowest BCUT2D eigenvalue weighted by Gasteiger charge is -2.17. The number of aryl methyl sites for hydroxylation is 2. The molecule has 33 heavy (non-hydrogen) atoms. The van der Waals surface area contributed by atoms with E-state index < -0.39 is 0 Å². The number of thioether (sulfide) groups is 1. The molecule has 2 aliphatic rings. The molecule has 0 fully saturated rings. The van der Waals surface area contributed by atoms with Crippen molar-refractivity contribution in [2.75, 3.05) is 11.7 Å². The van der Waals surface area contributed by atoms with Gasteiger partial charge in [0.1, 0.15) is 5.70 Å². The van der Waals surface area contributed by atoms with Crippen LogP contribution < -0.4 is 14.4 Å². The summed E-state index contributed by atoms with van der Waals surface area (Å²) in [5.74, 6) is 1.90. The summed E-state index contributed by atoms with van der Waals surface area (Å²) in [7, 11) is 0. The third kappa shape index (κ3) is 4.67. The van der Waals surface area contributed by atoms with Gasteiger partial charge in [0.05, 0.1) is 16.4 Å². The Morgan fingerprint density at radius 1 is 1.15 bits per heavy atom. The molecule has 3 heterocycles. The van der Waals surface area contributed by atoms with Crippen molar-refractivity contribution >= 4 is 45.9 Å². The minimum atomic E-state index is -0.149. The van der Waals surface area contributed by atoms with Gasteiger partial charge >= 0.3 is 0 Å². The zero-order valence-corrected chi connectivity index (χ0v) is 20.0. The molecule has 0 N–H and O–H groups in total. The van der Waals surface area contributed by atoms with Crippen LogP contribution in [-0.4, -0.2) is 22.9 Å². The highest BCUT2D eigenvalue weighted by Gasteiger charge is 2.32. The highest BCUT2D eigenvalue weighted by molar-refractivity contribution is 8.13. The summed E-state index contributed by atoms with van der Waals surface area (Å²) in [4.78, 5) is 24.5. The van der Waals surface area contributed by atoms with E-state index in [4.69, 9.17) is 19.5 Å². The Morgan fingerprint density at radius 3 is 2.79 bits per heavy atom. The SMILES string of the molecule is CCCc1nc(CSC2=N/C(=C/c3ccc4c(c3)OCO4)C(=O)N2c2ccc(C)cc2)cs1. The number of rotatable bonds is 6. The Kier molecular flexibility index (Phi) is 6.20. The summed E-state index contributed by atoms with van der Waals surface area (Å²) in [6, 6.07) is 13.5. The van der Waals surface area contributed by atoms with Crippen molar-refractivity contribution in [1.29, 1.82) is 0 Å². The molecule has 3 aromatic rings. The molecule has 0 bridgehead atoms. The fraction of sp³-hybridized carbons (Fsp3) is 0.240. The highest BCUT2D eigenvalue weighted by atomic mass is 32.2. The number of aromatic nitrogens is 1. The first kappa shape index (κ1) is 21.7. The molecule has 8 heteroatoms. The van der Waals surface area contributed by atoms with E-state index in [1.54, 1.807) is 22.3 Å². The largest absolute Gasteiger partial charge is 0.454 e. The van der Waals surface area contributed by atoms with Gasteiger partial charge < -0.3 is 9.47 Å². The minimum Gasteiger partial charge on any atom is -0.454 e. The highest BCUT2D eigenvalue weighted by Crippen LogP contribution is 2.35. The molecule has 1 aromatic heterocycles. The number of nitrogens with zero attached hydrogens (tertiary/aromatic N) is 3. The number of hydrogen-bond donors (Lipinski definition) is 0. The van der Waals surface area contributed by atoms with E-state index in [1.807, 2.05) is 49.4 Å². The zero-order valence-electron chi connectivity index (χ0n) is 18.4. The normalized spacial score (nSPS) is 16.1. The van der Waals surface area contributed by atoms with Crippen molar-refractivity contribution in [2.45, 2.75) is 32.4 Å². The number of ether oxygens (including phenoxy) is 2. The second kappa shape index (κ2) is 9.41. The molecule has 0 spiro atoms. The van der Waals surface area contributed by atoms with Crippen LogP contribution in [0, 0.1) is 6.92 Å². The smallest absolute Gasteiger partial charge is 0.283 e. The van der Waals surface area contributed by atoms with Crippen molar-refractivity contribution in [3.05, 3.63) is 75.4 Å². The van der Waals surface area contributed by atoms with Crippen LogP contribution in [0.15, 0.2) is 58.5 Å². The van der Waals surface area contributed by atoms with E-state index in [-0.39, 0.29) is 12.7 Å². The van der Waals surface area contributed by atoms with Crippen molar-refractivity contribution in [3.8, 4) is 11.5 Å². The summed E-state index contributed by atoms with van der Waals surface area (Å²) in [5.41, 5.74) is 4.18. The Balaban J connectivity index is 1.43. The standard InChI is InChI=1S/C25H23N3O3S2/c1-3-4-23-26-18(13-32-23)14-33-25-27-20(11-17-7-10-21-22(12-17)31-15-30-21)24(29)28(25)19-8-5-16(2)6-9-19/h5-13H,3-4,14-15H2,1-2H3/b20-11+. The van der Waals surface area contributed by atoms with E-state index in [9.17, 15) is 4.79 Å². The summed E-state index contributed by atoms with van der Waals surface area (Å²) in [5, 5.41) is 3.90. The molecule has 0 radical (unpaired) electrons. The molecule has 0 atom stereocenters. The lowest BCUT2D eigenvalue weighted by molar-refractivity contribution is -0.113. The molecule has 5 rings (SSSR count). The molecule has 0 saturated carbocycles. The Labute approximate surface area is 201 Å². The second-order valence-electron chi connectivity index (χ2n) is 7.78. The summed E-state index contributed by atoms with van der Waals surface area (Å²) >= 11 is 3.22. The van der Waals surface area contributed by atoms with Gasteiger partial charge in [-0.3, -0.25) is 9.69 Å². The van der Waals surface area contributed by atoms with Crippen LogP contribution in [-0.2, 0) is 17.0 Å². The first-order valence-electron chi connectivity index (χ1n) is 10.8. The molecular weight excluding hydrogens is 454 g/mol. The molecule has 0 unspecified atom stereocenters. The fourth-order valence-electron chi connectivity index (χ4n) is 3.56. The van der Waals surface area contributed by atoms with Crippen LogP contribution in [0.2, 0.25) is 0 Å². The van der Waals surface area contributed by atoms with Crippen LogP contribution in [0.3, 0.4) is 0 Å². The van der Waals surface area contributed by atoms with Gasteiger partial charge in [-0.25, -0.2) is 9.98 Å². The number of benzene rings is 2. The van der Waals surface area contributed by atoms with E-state index in [1.165, 1.54) is 11.8 Å². The average Bonchev–Trinajstić information content (AvgIpc) is 3.53. The molecule has 2 aliphatic heterocycles. The lowest BCUT2D eigenvalue weighted by atomic mass is 10.1. The molecule has 0 saturated heterocycles. The molecule has 1 amide bonds. The summed E-state index contributed by atoms with van der Waals surface area (Å²) < 4.78 is 10.9. The molecule has 168 valence electrons. The van der Waals surface area contributed by atoms with Crippen LogP contribution in [0.1, 0.15) is 35.2 Å². The summed E-state index contributed by atoms with van der Waals surface area (Å²) in [6.07, 6.45) is 3.87. The Hall–Kier alpha value is -3.10. The maximum Gasteiger partial charge on any atom is 0.283 e. The zero-order chi connectivity index (χ0) is 22.8. The van der Waals surface area contributed by atoms with E-state index in [2.05, 4.69) is 12.3 Å². The van der Waals surface area contributed by atoms with Gasteiger partial charge in [-0.1, -0.05) is 42.4 Å². The number of carbonyl (C=O) groups excluding carboxylic acids is 1. The first-order chi connectivity index (χ1) is 16.1. The average molecular weight is 478 g/mol. The maximum atomic E-state index is 13.4. The van der Waals surface area contributed by atoms with Crippen molar-refractivity contribution in [2.24, 2.45) is 4.99 Å². The Morgan fingerprint density at radius 2 is 1.97 bits per heavy atom. The number of amidine groups is 1. The molecular formula is C25H23N3O3S2. The predicted molar refractivity (Wildman–Crippen MR) is 134 cm³/mol. The number of fused-ring (bicyclic) bond motifs is 1. The number of anilines is 1. The van der Waals surface area contributed by atoms with E-state index in [0.29, 0.717) is 28.1 Å². The first-order valence-corrected chi connectivity index (χ1v) is 12.6. The number of hydrogen-bond acceptors (Lipinski definition) is 7. The minimum absolute atomic E-state index is 0.149. The number of carbonyl (C=O) groups is 1. The van der Waals surface area contributed by atoms with Crippen molar-refractivity contribution in [3.63, 3.8) is 0 Å². The topological polar surface area (TPSA) is 64.0 Å². The van der Waals surface area contributed by atoms with Crippen LogP contribution >= 0.6 is 23.1 Å². The second-order valence-corrected chi connectivity index (χ2v) is 9.67. The monoisotopic (exact) mass is 477 g/mol.